The van der Waals surface area contributed by atoms with Crippen molar-refractivity contribution in [3.8, 4) is 17.0 Å². The van der Waals surface area contributed by atoms with E-state index < -0.39 is 11.6 Å². The predicted molar refractivity (Wildman–Crippen MR) is 86.2 cm³/mol. The molecule has 0 aliphatic heterocycles. The molecule has 3 nitrogen and oxygen atoms in total. The summed E-state index contributed by atoms with van der Waals surface area (Å²) >= 11 is 0. The summed E-state index contributed by atoms with van der Waals surface area (Å²) in [6.45, 7) is 8.34. The molecule has 1 atom stereocenters. The van der Waals surface area contributed by atoms with Crippen LogP contribution in [0.15, 0.2) is 24.4 Å². The molecule has 0 bridgehead atoms. The third kappa shape index (κ3) is 4.47. The maximum atomic E-state index is 14.3. The van der Waals surface area contributed by atoms with Gasteiger partial charge in [0.05, 0.1) is 12.3 Å². The van der Waals surface area contributed by atoms with Crippen molar-refractivity contribution in [1.82, 2.24) is 9.97 Å². The molecule has 23 heavy (non-hydrogen) atoms. The lowest BCUT2D eigenvalue weighted by Gasteiger charge is -2.16. The lowest BCUT2D eigenvalue weighted by molar-refractivity contribution is 0.228. The number of aromatic nitrogens is 2. The Bertz CT molecular complexity index is 674. The molecule has 0 saturated carbocycles. The van der Waals surface area contributed by atoms with Gasteiger partial charge in [-0.05, 0) is 43.4 Å². The van der Waals surface area contributed by atoms with Gasteiger partial charge in [-0.25, -0.2) is 14.4 Å². The van der Waals surface area contributed by atoms with Crippen LogP contribution in [0.1, 0.15) is 33.0 Å². The number of rotatable bonds is 6. The summed E-state index contributed by atoms with van der Waals surface area (Å²) in [5, 5.41) is 0. The minimum Gasteiger partial charge on any atom is -0.490 e. The second-order valence-corrected chi connectivity index (χ2v) is 6.27. The van der Waals surface area contributed by atoms with E-state index in [1.165, 1.54) is 18.3 Å². The Kier molecular flexibility index (Phi) is 5.64. The van der Waals surface area contributed by atoms with Crippen LogP contribution in [0.2, 0.25) is 0 Å². The molecule has 1 unspecified atom stereocenters. The molecule has 0 amide bonds. The number of halogens is 2. The van der Waals surface area contributed by atoms with Gasteiger partial charge < -0.3 is 4.74 Å². The maximum absolute atomic E-state index is 14.3. The zero-order valence-corrected chi connectivity index (χ0v) is 13.9. The highest BCUT2D eigenvalue weighted by molar-refractivity contribution is 5.61. The van der Waals surface area contributed by atoms with E-state index in [-0.39, 0.29) is 17.2 Å². The number of aryl methyl sites for hydroxylation is 1. The van der Waals surface area contributed by atoms with Crippen molar-refractivity contribution in [3.05, 3.63) is 41.9 Å². The topological polar surface area (TPSA) is 35.0 Å². The van der Waals surface area contributed by atoms with E-state index in [0.29, 0.717) is 24.0 Å². The highest BCUT2D eigenvalue weighted by Crippen LogP contribution is 2.29. The second-order valence-electron chi connectivity index (χ2n) is 6.27. The van der Waals surface area contributed by atoms with Crippen molar-refractivity contribution in [2.75, 3.05) is 6.61 Å². The first kappa shape index (κ1) is 17.3. The fourth-order valence-electron chi connectivity index (χ4n) is 2.55. The van der Waals surface area contributed by atoms with Crippen LogP contribution in [0.4, 0.5) is 8.78 Å². The van der Waals surface area contributed by atoms with Crippen molar-refractivity contribution in [1.29, 1.82) is 0 Å². The molecule has 0 fully saturated rings. The standard InChI is InChI=1S/C18H22F2N2O/c1-11(2)9-12(3)10-23-16-6-5-14(17(19)18(16)20)15-7-8-21-13(4)22-15/h5-8,11-12H,9-10H2,1-4H3. The molecule has 0 saturated heterocycles. The fraction of sp³-hybridized carbons (Fsp3) is 0.444. The Hall–Kier alpha value is -2.04. The molecular formula is C18H22F2N2O. The minimum absolute atomic E-state index is 0.0624. The highest BCUT2D eigenvalue weighted by atomic mass is 19.2. The number of hydrogen-bond donors (Lipinski definition) is 0. The van der Waals surface area contributed by atoms with Crippen LogP contribution < -0.4 is 4.74 Å². The first-order valence-corrected chi connectivity index (χ1v) is 7.79. The molecule has 1 heterocycles. The summed E-state index contributed by atoms with van der Waals surface area (Å²) in [5.74, 6) is -0.661. The molecule has 0 aliphatic rings. The van der Waals surface area contributed by atoms with E-state index in [1.807, 2.05) is 6.92 Å². The molecule has 0 aliphatic carbocycles. The van der Waals surface area contributed by atoms with E-state index in [9.17, 15) is 8.78 Å². The van der Waals surface area contributed by atoms with Gasteiger partial charge in [-0.2, -0.15) is 4.39 Å². The van der Waals surface area contributed by atoms with E-state index in [1.54, 1.807) is 13.0 Å². The third-order valence-corrected chi connectivity index (χ3v) is 3.50. The van der Waals surface area contributed by atoms with Gasteiger partial charge in [0.15, 0.2) is 11.6 Å². The fourth-order valence-corrected chi connectivity index (χ4v) is 2.55. The minimum atomic E-state index is -0.976. The maximum Gasteiger partial charge on any atom is 0.201 e. The summed E-state index contributed by atoms with van der Waals surface area (Å²) in [6, 6.07) is 4.49. The molecule has 0 spiro atoms. The molecule has 1 aromatic heterocycles. The van der Waals surface area contributed by atoms with Crippen LogP contribution in [-0.2, 0) is 0 Å². The lowest BCUT2D eigenvalue weighted by Crippen LogP contribution is -2.12. The predicted octanol–water partition coefficient (Wildman–Crippen LogP) is 4.79. The van der Waals surface area contributed by atoms with Gasteiger partial charge in [0, 0.05) is 11.8 Å². The SMILES string of the molecule is Cc1nccc(-c2ccc(OCC(C)CC(C)C)c(F)c2F)n1. The normalized spacial score (nSPS) is 12.5. The molecule has 5 heteroatoms. The highest BCUT2D eigenvalue weighted by Gasteiger charge is 2.17. The molecule has 0 radical (unpaired) electrons. The summed E-state index contributed by atoms with van der Waals surface area (Å²) in [6.07, 6.45) is 2.50. The molecule has 1 aromatic carbocycles. The van der Waals surface area contributed by atoms with Gasteiger partial charge in [0.25, 0.3) is 0 Å². The Labute approximate surface area is 135 Å². The molecule has 124 valence electrons. The smallest absolute Gasteiger partial charge is 0.201 e. The van der Waals surface area contributed by atoms with Crippen LogP contribution in [-0.4, -0.2) is 16.6 Å². The van der Waals surface area contributed by atoms with Crippen molar-refractivity contribution >= 4 is 0 Å². The first-order chi connectivity index (χ1) is 10.9. The molecule has 0 N–H and O–H groups in total. The Morgan fingerprint density at radius 3 is 2.48 bits per heavy atom. The van der Waals surface area contributed by atoms with Crippen molar-refractivity contribution in [2.24, 2.45) is 11.8 Å². The number of hydrogen-bond acceptors (Lipinski definition) is 3. The van der Waals surface area contributed by atoms with Gasteiger partial charge in [0.1, 0.15) is 5.82 Å². The lowest BCUT2D eigenvalue weighted by atomic mass is 10.00. The van der Waals surface area contributed by atoms with Crippen molar-refractivity contribution < 1.29 is 13.5 Å². The average molecular weight is 320 g/mol. The Balaban J connectivity index is 2.17. The summed E-state index contributed by atoms with van der Waals surface area (Å²) < 4.78 is 34.0. The monoisotopic (exact) mass is 320 g/mol. The summed E-state index contributed by atoms with van der Waals surface area (Å²) in [4.78, 5) is 8.08. The number of ether oxygens (including phenoxy) is 1. The summed E-state index contributed by atoms with van der Waals surface area (Å²) in [7, 11) is 0. The molecule has 2 rings (SSSR count). The van der Waals surface area contributed by atoms with Gasteiger partial charge >= 0.3 is 0 Å². The van der Waals surface area contributed by atoms with Gasteiger partial charge in [-0.3, -0.25) is 0 Å². The van der Waals surface area contributed by atoms with Crippen LogP contribution in [0.3, 0.4) is 0 Å². The van der Waals surface area contributed by atoms with Crippen molar-refractivity contribution in [2.45, 2.75) is 34.1 Å². The van der Waals surface area contributed by atoms with Gasteiger partial charge in [-0.1, -0.05) is 20.8 Å². The molecular weight excluding hydrogens is 298 g/mol. The van der Waals surface area contributed by atoms with Crippen molar-refractivity contribution in [3.63, 3.8) is 0 Å². The number of benzene rings is 1. The van der Waals surface area contributed by atoms with Crippen LogP contribution >= 0.6 is 0 Å². The summed E-state index contributed by atoms with van der Waals surface area (Å²) in [5.41, 5.74) is 0.462. The van der Waals surface area contributed by atoms with E-state index in [0.717, 1.165) is 6.42 Å². The Morgan fingerprint density at radius 1 is 1.09 bits per heavy atom. The largest absolute Gasteiger partial charge is 0.490 e. The average Bonchev–Trinajstić information content (AvgIpc) is 2.48. The zero-order valence-electron chi connectivity index (χ0n) is 13.9. The van der Waals surface area contributed by atoms with E-state index in [2.05, 4.69) is 23.8 Å². The van der Waals surface area contributed by atoms with E-state index >= 15 is 0 Å². The quantitative estimate of drug-likeness (QED) is 0.767. The van der Waals surface area contributed by atoms with Gasteiger partial charge in [0.2, 0.25) is 5.82 Å². The molecule has 2 aromatic rings. The van der Waals surface area contributed by atoms with Gasteiger partial charge in [-0.15, -0.1) is 0 Å². The van der Waals surface area contributed by atoms with E-state index in [4.69, 9.17) is 4.74 Å². The second kappa shape index (κ2) is 7.49. The van der Waals surface area contributed by atoms with Crippen LogP contribution in [0.5, 0.6) is 5.75 Å². The van der Waals surface area contributed by atoms with Crippen LogP contribution in [0.25, 0.3) is 11.3 Å². The van der Waals surface area contributed by atoms with Crippen LogP contribution in [0, 0.1) is 30.4 Å². The third-order valence-electron chi connectivity index (χ3n) is 3.50. The Morgan fingerprint density at radius 2 is 1.83 bits per heavy atom. The first-order valence-electron chi connectivity index (χ1n) is 7.79. The number of nitrogens with zero attached hydrogens (tertiary/aromatic N) is 2. The zero-order chi connectivity index (χ0) is 17.0.